The number of carbonyl (C=O) groups is 2. The highest BCUT2D eigenvalue weighted by Crippen LogP contribution is 2.34. The third kappa shape index (κ3) is 5.56. The Morgan fingerprint density at radius 2 is 1.94 bits per heavy atom. The van der Waals surface area contributed by atoms with Crippen molar-refractivity contribution in [2.75, 3.05) is 10.3 Å². The highest BCUT2D eigenvalue weighted by atomic mass is 35.5. The summed E-state index contributed by atoms with van der Waals surface area (Å²) < 4.78 is 40.2. The van der Waals surface area contributed by atoms with Crippen molar-refractivity contribution in [3.63, 3.8) is 0 Å². The SMILES string of the molecule is Cc1cc(Cl)cc(C(=O)NC(C)C)c1NC(=O)C1CC(C(F)(F)F)=NN1c1ncccc1Cl. The van der Waals surface area contributed by atoms with Crippen molar-refractivity contribution in [3.05, 3.63) is 51.6 Å². The Bertz CT molecular complexity index is 1120. The molecule has 1 unspecified atom stereocenters. The molecule has 0 saturated heterocycles. The van der Waals surface area contributed by atoms with E-state index in [9.17, 15) is 22.8 Å². The lowest BCUT2D eigenvalue weighted by molar-refractivity contribution is -0.117. The molecule has 33 heavy (non-hydrogen) atoms. The molecule has 176 valence electrons. The molecule has 0 saturated carbocycles. The topological polar surface area (TPSA) is 86.7 Å². The van der Waals surface area contributed by atoms with E-state index in [1.807, 2.05) is 0 Å². The van der Waals surface area contributed by atoms with E-state index in [0.29, 0.717) is 5.56 Å². The molecule has 7 nitrogen and oxygen atoms in total. The van der Waals surface area contributed by atoms with Crippen molar-refractivity contribution in [1.29, 1.82) is 0 Å². The van der Waals surface area contributed by atoms with Crippen molar-refractivity contribution in [2.45, 2.75) is 45.5 Å². The van der Waals surface area contributed by atoms with Crippen LogP contribution in [-0.4, -0.2) is 40.8 Å². The number of amides is 2. The molecule has 1 aromatic heterocycles. The van der Waals surface area contributed by atoms with Crippen molar-refractivity contribution >= 4 is 52.2 Å². The maximum Gasteiger partial charge on any atom is 0.431 e. The van der Waals surface area contributed by atoms with Gasteiger partial charge in [-0.2, -0.15) is 18.3 Å². The van der Waals surface area contributed by atoms with Crippen molar-refractivity contribution in [2.24, 2.45) is 5.10 Å². The minimum Gasteiger partial charge on any atom is -0.350 e. The van der Waals surface area contributed by atoms with Crippen LogP contribution in [0.2, 0.25) is 10.0 Å². The Morgan fingerprint density at radius 1 is 1.24 bits per heavy atom. The van der Waals surface area contributed by atoms with Gasteiger partial charge in [-0.1, -0.05) is 23.2 Å². The van der Waals surface area contributed by atoms with Crippen LogP contribution in [0.15, 0.2) is 35.6 Å². The molecule has 1 aromatic carbocycles. The van der Waals surface area contributed by atoms with Crippen LogP contribution in [0.3, 0.4) is 0 Å². The van der Waals surface area contributed by atoms with Crippen molar-refractivity contribution < 1.29 is 22.8 Å². The molecule has 1 atom stereocenters. The summed E-state index contributed by atoms with van der Waals surface area (Å²) in [7, 11) is 0. The first-order chi connectivity index (χ1) is 15.4. The van der Waals surface area contributed by atoms with Gasteiger partial charge in [0.25, 0.3) is 5.91 Å². The molecule has 3 rings (SSSR count). The smallest absolute Gasteiger partial charge is 0.350 e. The average Bonchev–Trinajstić information content (AvgIpc) is 3.15. The first-order valence-corrected chi connectivity index (χ1v) is 10.6. The maximum absolute atomic E-state index is 13.4. The lowest BCUT2D eigenvalue weighted by atomic mass is 10.0. The predicted molar refractivity (Wildman–Crippen MR) is 121 cm³/mol. The van der Waals surface area contributed by atoms with Gasteiger partial charge in [-0.3, -0.25) is 9.59 Å². The molecule has 2 aromatic rings. The molecule has 0 bridgehead atoms. The fourth-order valence-electron chi connectivity index (χ4n) is 3.26. The average molecular weight is 502 g/mol. The van der Waals surface area contributed by atoms with Crippen LogP contribution in [0.1, 0.15) is 36.2 Å². The number of halogens is 5. The molecule has 12 heteroatoms. The van der Waals surface area contributed by atoms with Crippen LogP contribution in [0.25, 0.3) is 0 Å². The minimum atomic E-state index is -4.74. The van der Waals surface area contributed by atoms with Gasteiger partial charge in [0.2, 0.25) is 5.91 Å². The van der Waals surface area contributed by atoms with E-state index in [1.165, 1.54) is 30.5 Å². The number of nitrogens with zero attached hydrogens (tertiary/aromatic N) is 3. The van der Waals surface area contributed by atoms with Gasteiger partial charge in [0.1, 0.15) is 11.8 Å². The summed E-state index contributed by atoms with van der Waals surface area (Å²) in [4.78, 5) is 29.8. The number of benzene rings is 1. The highest BCUT2D eigenvalue weighted by Gasteiger charge is 2.46. The minimum absolute atomic E-state index is 0.0298. The molecule has 0 aliphatic carbocycles. The van der Waals surface area contributed by atoms with Gasteiger partial charge in [-0.05, 0) is 50.6 Å². The van der Waals surface area contributed by atoms with Crippen LogP contribution >= 0.6 is 23.2 Å². The number of hydrazone groups is 1. The van der Waals surface area contributed by atoms with Gasteiger partial charge in [0.15, 0.2) is 5.82 Å². The lowest BCUT2D eigenvalue weighted by Crippen LogP contribution is -2.40. The van der Waals surface area contributed by atoms with Crippen LogP contribution < -0.4 is 15.6 Å². The van der Waals surface area contributed by atoms with Crippen LogP contribution in [-0.2, 0) is 4.79 Å². The summed E-state index contributed by atoms with van der Waals surface area (Å²) in [5, 5.41) is 10.0. The summed E-state index contributed by atoms with van der Waals surface area (Å²) in [6.45, 7) is 5.14. The number of hydrogen-bond donors (Lipinski definition) is 2. The van der Waals surface area contributed by atoms with Gasteiger partial charge in [-0.15, -0.1) is 0 Å². The van der Waals surface area contributed by atoms with E-state index in [-0.39, 0.29) is 33.2 Å². The summed E-state index contributed by atoms with van der Waals surface area (Å²) in [6, 6.07) is 4.24. The number of hydrogen-bond acceptors (Lipinski definition) is 5. The van der Waals surface area contributed by atoms with Crippen LogP contribution in [0.5, 0.6) is 0 Å². The second kappa shape index (κ2) is 9.56. The zero-order valence-corrected chi connectivity index (χ0v) is 19.3. The molecule has 2 heterocycles. The molecule has 0 radical (unpaired) electrons. The standard InChI is InChI=1S/C21H20Cl2F3N5O2/c1-10(2)28-19(32)13-8-12(22)7-11(3)17(13)29-20(33)15-9-16(21(24,25)26)30-31(15)18-14(23)5-4-6-27-18/h4-8,10,15H,9H2,1-3H3,(H,28,32)(H,29,33). The highest BCUT2D eigenvalue weighted by molar-refractivity contribution is 6.33. The Kier molecular flexibility index (Phi) is 7.18. The molecular weight excluding hydrogens is 482 g/mol. The van der Waals surface area contributed by atoms with Crippen LogP contribution in [0, 0.1) is 6.92 Å². The number of pyridine rings is 1. The lowest BCUT2D eigenvalue weighted by Gasteiger charge is -2.24. The second-order valence-electron chi connectivity index (χ2n) is 7.68. The Hall–Kier alpha value is -2.85. The quantitative estimate of drug-likeness (QED) is 0.605. The summed E-state index contributed by atoms with van der Waals surface area (Å²) in [6.07, 6.45) is -4.13. The molecule has 0 fully saturated rings. The third-order valence-corrected chi connectivity index (χ3v) is 5.22. The molecule has 2 amide bonds. The number of carbonyl (C=O) groups excluding carboxylic acids is 2. The van der Waals surface area contributed by atoms with Gasteiger partial charge in [0, 0.05) is 23.7 Å². The zero-order valence-electron chi connectivity index (χ0n) is 17.8. The van der Waals surface area contributed by atoms with E-state index < -0.39 is 36.2 Å². The molecule has 2 N–H and O–H groups in total. The second-order valence-corrected chi connectivity index (χ2v) is 8.52. The number of aromatic nitrogens is 1. The molecule has 0 spiro atoms. The summed E-state index contributed by atoms with van der Waals surface area (Å²) >= 11 is 12.2. The number of anilines is 2. The predicted octanol–water partition coefficient (Wildman–Crippen LogP) is 4.97. The van der Waals surface area contributed by atoms with E-state index in [4.69, 9.17) is 23.2 Å². The summed E-state index contributed by atoms with van der Waals surface area (Å²) in [5.74, 6) is -1.40. The number of alkyl halides is 3. The Labute approximate surface area is 198 Å². The molecule has 1 aliphatic rings. The normalized spacial score (nSPS) is 16.1. The number of nitrogens with one attached hydrogen (secondary N) is 2. The van der Waals surface area contributed by atoms with Crippen molar-refractivity contribution in [1.82, 2.24) is 10.3 Å². The first-order valence-electron chi connectivity index (χ1n) is 9.84. The number of aryl methyl sites for hydroxylation is 1. The fourth-order valence-corrected chi connectivity index (χ4v) is 3.74. The Balaban J connectivity index is 1.98. The van der Waals surface area contributed by atoms with E-state index in [1.54, 1.807) is 20.8 Å². The zero-order chi connectivity index (χ0) is 24.5. The van der Waals surface area contributed by atoms with Crippen molar-refractivity contribution in [3.8, 4) is 0 Å². The van der Waals surface area contributed by atoms with Gasteiger partial charge < -0.3 is 10.6 Å². The maximum atomic E-state index is 13.4. The Morgan fingerprint density at radius 3 is 2.55 bits per heavy atom. The third-order valence-electron chi connectivity index (χ3n) is 4.71. The first kappa shape index (κ1) is 24.8. The monoisotopic (exact) mass is 501 g/mol. The largest absolute Gasteiger partial charge is 0.431 e. The van der Waals surface area contributed by atoms with E-state index in [2.05, 4.69) is 20.7 Å². The van der Waals surface area contributed by atoms with E-state index >= 15 is 0 Å². The van der Waals surface area contributed by atoms with Gasteiger partial charge in [0.05, 0.1) is 16.3 Å². The number of rotatable bonds is 5. The molecular formula is C21H20Cl2F3N5O2. The van der Waals surface area contributed by atoms with Gasteiger partial charge >= 0.3 is 6.18 Å². The fraction of sp³-hybridized carbons (Fsp3) is 0.333. The van der Waals surface area contributed by atoms with Crippen LogP contribution in [0.4, 0.5) is 24.7 Å². The van der Waals surface area contributed by atoms with Gasteiger partial charge in [-0.25, -0.2) is 9.99 Å². The van der Waals surface area contributed by atoms with E-state index in [0.717, 1.165) is 5.01 Å². The molecule has 1 aliphatic heterocycles. The summed E-state index contributed by atoms with van der Waals surface area (Å²) in [5.41, 5.74) is -0.466.